The highest BCUT2D eigenvalue weighted by atomic mass is 16.2. The Balaban J connectivity index is 1.28. The van der Waals surface area contributed by atoms with E-state index >= 15 is 0 Å². The van der Waals surface area contributed by atoms with E-state index < -0.39 is 0 Å². The van der Waals surface area contributed by atoms with Crippen LogP contribution in [0, 0.1) is 23.7 Å². The first-order chi connectivity index (χ1) is 11.2. The third kappa shape index (κ3) is 2.62. The first-order valence-electron chi connectivity index (χ1n) is 9.23. The van der Waals surface area contributed by atoms with Gasteiger partial charge in [-0.3, -0.25) is 4.79 Å². The van der Waals surface area contributed by atoms with Gasteiger partial charge in [-0.2, -0.15) is 0 Å². The highest BCUT2D eigenvalue weighted by molar-refractivity contribution is 5.93. The number of nitrogens with zero attached hydrogens (tertiary/aromatic N) is 1. The molecule has 0 atom stereocenters. The lowest BCUT2D eigenvalue weighted by molar-refractivity contribution is -0.117. The minimum Gasteiger partial charge on any atom is -0.365 e. The summed E-state index contributed by atoms with van der Waals surface area (Å²) in [5.74, 6) is 4.16. The van der Waals surface area contributed by atoms with E-state index in [0.717, 1.165) is 42.1 Å². The maximum absolute atomic E-state index is 11.8. The zero-order valence-electron chi connectivity index (χ0n) is 13.6. The Labute approximate surface area is 137 Å². The van der Waals surface area contributed by atoms with Gasteiger partial charge in [-0.15, -0.1) is 0 Å². The maximum Gasteiger partial charge on any atom is 0.227 e. The monoisotopic (exact) mass is 311 g/mol. The molecule has 0 spiro atoms. The molecule has 5 aliphatic carbocycles. The van der Waals surface area contributed by atoms with Crippen LogP contribution in [0.2, 0.25) is 0 Å². The molecule has 5 fully saturated rings. The minimum absolute atomic E-state index is 0.147. The topological polar surface area (TPSA) is 54.0 Å². The number of pyridine rings is 1. The van der Waals surface area contributed by atoms with Crippen molar-refractivity contribution in [2.24, 2.45) is 23.7 Å². The molecule has 1 aromatic heterocycles. The molecule has 4 heteroatoms. The van der Waals surface area contributed by atoms with Gasteiger partial charge in [0.2, 0.25) is 5.91 Å². The second-order valence-electron chi connectivity index (χ2n) is 8.52. The van der Waals surface area contributed by atoms with Crippen molar-refractivity contribution in [3.8, 4) is 0 Å². The number of carbonyl (C=O) groups excluding carboxylic acids is 1. The highest BCUT2D eigenvalue weighted by Crippen LogP contribution is 2.56. The lowest BCUT2D eigenvalue weighted by Crippen LogP contribution is -2.54. The third-order valence-electron chi connectivity index (χ3n) is 6.41. The Bertz CT molecular complexity index is 585. The van der Waals surface area contributed by atoms with Crippen molar-refractivity contribution in [3.63, 3.8) is 0 Å². The van der Waals surface area contributed by atoms with E-state index in [1.807, 2.05) is 12.1 Å². The molecule has 1 heterocycles. The molecule has 6 rings (SSSR count). The fraction of sp³-hybridized carbons (Fsp3) is 0.684. The lowest BCUT2D eigenvalue weighted by Gasteiger charge is -2.57. The number of anilines is 2. The minimum atomic E-state index is 0.147. The molecule has 0 aliphatic heterocycles. The summed E-state index contributed by atoms with van der Waals surface area (Å²) in [5.41, 5.74) is 1.11. The van der Waals surface area contributed by atoms with Gasteiger partial charge in [0.05, 0.1) is 11.9 Å². The lowest BCUT2D eigenvalue weighted by atomic mass is 9.53. The summed E-state index contributed by atoms with van der Waals surface area (Å²) in [4.78, 5) is 16.4. The summed E-state index contributed by atoms with van der Waals surface area (Å²) in [6, 6.07) is 4.01. The number of hydrogen-bond acceptors (Lipinski definition) is 3. The van der Waals surface area contributed by atoms with Gasteiger partial charge in [0.25, 0.3) is 0 Å². The van der Waals surface area contributed by atoms with Crippen LogP contribution in [0.25, 0.3) is 0 Å². The van der Waals surface area contributed by atoms with Gasteiger partial charge in [-0.25, -0.2) is 4.98 Å². The third-order valence-corrected chi connectivity index (χ3v) is 6.41. The van der Waals surface area contributed by atoms with Crippen LogP contribution >= 0.6 is 0 Å². The van der Waals surface area contributed by atoms with Gasteiger partial charge in [-0.1, -0.05) is 0 Å². The predicted molar refractivity (Wildman–Crippen MR) is 90.1 cm³/mol. The van der Waals surface area contributed by atoms with Crippen molar-refractivity contribution in [1.29, 1.82) is 0 Å². The highest BCUT2D eigenvalue weighted by Gasteiger charge is 2.51. The van der Waals surface area contributed by atoms with Gasteiger partial charge >= 0.3 is 0 Å². The molecule has 5 aliphatic rings. The molecule has 122 valence electrons. The molecular formula is C19H25N3O. The second kappa shape index (κ2) is 4.96. The SMILES string of the molecule is O=C(Nc1ccc(NC23CC4CC(CC(C4)C2)C3)nc1)C1CC1. The van der Waals surface area contributed by atoms with Crippen molar-refractivity contribution >= 4 is 17.4 Å². The molecule has 2 N–H and O–H groups in total. The normalized spacial score (nSPS) is 37.7. The molecule has 23 heavy (non-hydrogen) atoms. The van der Waals surface area contributed by atoms with Crippen LogP contribution in [-0.2, 0) is 4.79 Å². The number of amides is 1. The van der Waals surface area contributed by atoms with E-state index in [-0.39, 0.29) is 11.8 Å². The number of rotatable bonds is 4. The average molecular weight is 311 g/mol. The maximum atomic E-state index is 11.8. The predicted octanol–water partition coefficient (Wildman–Crippen LogP) is 3.81. The van der Waals surface area contributed by atoms with E-state index in [9.17, 15) is 4.79 Å². The van der Waals surface area contributed by atoms with Gasteiger partial charge in [0.15, 0.2) is 0 Å². The van der Waals surface area contributed by atoms with Gasteiger partial charge in [0, 0.05) is 11.5 Å². The van der Waals surface area contributed by atoms with Crippen molar-refractivity contribution in [1.82, 2.24) is 4.98 Å². The summed E-state index contributed by atoms with van der Waals surface area (Å²) < 4.78 is 0. The van der Waals surface area contributed by atoms with Gasteiger partial charge < -0.3 is 10.6 Å². The second-order valence-corrected chi connectivity index (χ2v) is 8.52. The first kappa shape index (κ1) is 13.8. The summed E-state index contributed by atoms with van der Waals surface area (Å²) in [7, 11) is 0. The molecule has 1 amide bonds. The van der Waals surface area contributed by atoms with Crippen LogP contribution < -0.4 is 10.6 Å². The average Bonchev–Trinajstić information content (AvgIpc) is 3.32. The van der Waals surface area contributed by atoms with E-state index in [1.165, 1.54) is 38.5 Å². The number of carbonyl (C=O) groups is 1. The van der Waals surface area contributed by atoms with Crippen molar-refractivity contribution < 1.29 is 4.79 Å². The van der Waals surface area contributed by atoms with Crippen molar-refractivity contribution in [2.45, 2.75) is 56.9 Å². The van der Waals surface area contributed by atoms with E-state index in [1.54, 1.807) is 6.20 Å². The molecule has 4 nitrogen and oxygen atoms in total. The van der Waals surface area contributed by atoms with Crippen LogP contribution in [0.3, 0.4) is 0 Å². The van der Waals surface area contributed by atoms with E-state index in [4.69, 9.17) is 0 Å². The molecule has 0 aromatic carbocycles. The fourth-order valence-electron chi connectivity index (χ4n) is 5.67. The number of hydrogen-bond donors (Lipinski definition) is 2. The summed E-state index contributed by atoms with van der Waals surface area (Å²) in [6.45, 7) is 0. The summed E-state index contributed by atoms with van der Waals surface area (Å²) >= 11 is 0. The standard InChI is InChI=1S/C19H25N3O/c23-18(15-1-2-15)21-16-3-4-17(20-11-16)22-19-8-12-5-13(9-19)7-14(6-12)10-19/h3-4,11-15H,1-2,5-10H2,(H,20,22)(H,21,23). The molecular weight excluding hydrogens is 286 g/mol. The van der Waals surface area contributed by atoms with Gasteiger partial charge in [-0.05, 0) is 81.3 Å². The van der Waals surface area contributed by atoms with E-state index in [2.05, 4.69) is 15.6 Å². The largest absolute Gasteiger partial charge is 0.365 e. The molecule has 4 bridgehead atoms. The Morgan fingerprint density at radius 3 is 2.22 bits per heavy atom. The molecule has 0 unspecified atom stereocenters. The van der Waals surface area contributed by atoms with Crippen molar-refractivity contribution in [3.05, 3.63) is 18.3 Å². The van der Waals surface area contributed by atoms with E-state index in [0.29, 0.717) is 5.54 Å². The molecule has 5 saturated carbocycles. The van der Waals surface area contributed by atoms with Gasteiger partial charge in [0.1, 0.15) is 5.82 Å². The first-order valence-corrected chi connectivity index (χ1v) is 9.23. The van der Waals surface area contributed by atoms with Crippen LogP contribution in [0.1, 0.15) is 51.4 Å². The fourth-order valence-corrected chi connectivity index (χ4v) is 5.67. The quantitative estimate of drug-likeness (QED) is 0.889. The molecule has 0 saturated heterocycles. The van der Waals surface area contributed by atoms with Crippen LogP contribution in [0.4, 0.5) is 11.5 Å². The summed E-state index contributed by atoms with van der Waals surface area (Å²) in [6.07, 6.45) is 12.2. The smallest absolute Gasteiger partial charge is 0.227 e. The Morgan fingerprint density at radius 2 is 1.70 bits per heavy atom. The molecule has 0 radical (unpaired) electrons. The number of nitrogens with one attached hydrogen (secondary N) is 2. The van der Waals surface area contributed by atoms with Crippen molar-refractivity contribution in [2.75, 3.05) is 10.6 Å². The summed E-state index contributed by atoms with van der Waals surface area (Å²) in [5, 5.41) is 6.74. The number of aromatic nitrogens is 1. The Kier molecular flexibility index (Phi) is 2.98. The zero-order chi connectivity index (χ0) is 15.4. The van der Waals surface area contributed by atoms with Crippen LogP contribution in [0.15, 0.2) is 18.3 Å². The zero-order valence-corrected chi connectivity index (χ0v) is 13.6. The van der Waals surface area contributed by atoms with Crippen LogP contribution in [-0.4, -0.2) is 16.4 Å². The Hall–Kier alpha value is -1.58. The Morgan fingerprint density at radius 1 is 1.04 bits per heavy atom. The van der Waals surface area contributed by atoms with Crippen LogP contribution in [0.5, 0.6) is 0 Å². The molecule has 1 aromatic rings.